The molecule has 0 radical (unpaired) electrons. The summed E-state index contributed by atoms with van der Waals surface area (Å²) in [5.41, 5.74) is 0.798. The average Bonchev–Trinajstić information content (AvgIpc) is 3.23. The fraction of sp³-hybridized carbons (Fsp3) is 0.133. The van der Waals surface area contributed by atoms with Crippen molar-refractivity contribution in [3.05, 3.63) is 62.2 Å². The van der Waals surface area contributed by atoms with E-state index >= 15 is 0 Å². The van der Waals surface area contributed by atoms with Crippen LogP contribution in [0, 0.1) is 17.0 Å². The van der Waals surface area contributed by atoms with Crippen LogP contribution in [0.3, 0.4) is 0 Å². The van der Waals surface area contributed by atoms with Crippen LogP contribution in [-0.4, -0.2) is 21.0 Å². The highest BCUT2D eigenvalue weighted by Gasteiger charge is 2.24. The molecule has 0 saturated heterocycles. The van der Waals surface area contributed by atoms with Gasteiger partial charge in [0.1, 0.15) is 5.56 Å². The van der Waals surface area contributed by atoms with E-state index in [4.69, 9.17) is 9.26 Å². The number of carbonyl (C=O) groups excluding carboxylic acids is 1. The van der Waals surface area contributed by atoms with E-state index in [2.05, 4.69) is 10.1 Å². The quantitative estimate of drug-likeness (QED) is 0.396. The van der Waals surface area contributed by atoms with Crippen molar-refractivity contribution < 1.29 is 19.0 Å². The number of rotatable bonds is 5. The minimum atomic E-state index is -0.819. The summed E-state index contributed by atoms with van der Waals surface area (Å²) >= 11 is 1.49. The summed E-state index contributed by atoms with van der Waals surface area (Å²) in [4.78, 5) is 26.7. The van der Waals surface area contributed by atoms with Crippen molar-refractivity contribution in [3.8, 4) is 11.4 Å². The molecule has 0 N–H and O–H groups in total. The third kappa shape index (κ3) is 3.15. The van der Waals surface area contributed by atoms with Crippen molar-refractivity contribution >= 4 is 23.0 Å². The molecule has 2 heterocycles. The van der Waals surface area contributed by atoms with Crippen LogP contribution in [0.25, 0.3) is 11.4 Å². The third-order valence-corrected chi connectivity index (χ3v) is 3.90. The van der Waals surface area contributed by atoms with Gasteiger partial charge in [-0.3, -0.25) is 10.1 Å². The Balaban J connectivity index is 1.73. The Morgan fingerprint density at radius 3 is 2.96 bits per heavy atom. The second-order valence-electron chi connectivity index (χ2n) is 4.83. The molecule has 2 aromatic heterocycles. The van der Waals surface area contributed by atoms with Gasteiger partial charge in [-0.1, -0.05) is 17.3 Å². The van der Waals surface area contributed by atoms with E-state index in [-0.39, 0.29) is 23.7 Å². The van der Waals surface area contributed by atoms with Crippen LogP contribution < -0.4 is 0 Å². The molecule has 0 bridgehead atoms. The minimum absolute atomic E-state index is 0.111. The molecule has 122 valence electrons. The van der Waals surface area contributed by atoms with Crippen molar-refractivity contribution in [1.29, 1.82) is 0 Å². The van der Waals surface area contributed by atoms with Gasteiger partial charge < -0.3 is 9.26 Å². The van der Waals surface area contributed by atoms with Crippen LogP contribution in [0.15, 0.2) is 39.5 Å². The van der Waals surface area contributed by atoms with Crippen molar-refractivity contribution in [2.45, 2.75) is 13.5 Å². The molecule has 0 aliphatic carbocycles. The maximum Gasteiger partial charge on any atom is 0.345 e. The van der Waals surface area contributed by atoms with E-state index in [9.17, 15) is 14.9 Å². The number of nitrogens with zero attached hydrogens (tertiary/aromatic N) is 3. The Hall–Kier alpha value is -3.07. The van der Waals surface area contributed by atoms with E-state index in [0.717, 1.165) is 5.56 Å². The highest BCUT2D eigenvalue weighted by molar-refractivity contribution is 7.08. The number of thiophene rings is 1. The van der Waals surface area contributed by atoms with Gasteiger partial charge in [0.15, 0.2) is 6.61 Å². The first kappa shape index (κ1) is 15.8. The number of ether oxygens (including phenoxy) is 1. The fourth-order valence-corrected chi connectivity index (χ4v) is 2.73. The number of hydrogen-bond acceptors (Lipinski definition) is 8. The Labute approximate surface area is 139 Å². The molecule has 0 unspecified atom stereocenters. The molecule has 0 saturated carbocycles. The van der Waals surface area contributed by atoms with Gasteiger partial charge in [0.05, 0.1) is 4.92 Å². The number of hydrogen-bond donors (Lipinski definition) is 0. The monoisotopic (exact) mass is 345 g/mol. The van der Waals surface area contributed by atoms with E-state index in [1.165, 1.54) is 17.4 Å². The van der Waals surface area contributed by atoms with Crippen LogP contribution in [-0.2, 0) is 11.3 Å². The van der Waals surface area contributed by atoms with Gasteiger partial charge in [-0.15, -0.1) is 0 Å². The number of carbonyl (C=O) groups is 1. The molecule has 0 amide bonds. The zero-order valence-electron chi connectivity index (χ0n) is 12.5. The number of benzene rings is 1. The van der Waals surface area contributed by atoms with Crippen LogP contribution in [0.2, 0.25) is 0 Å². The molecule has 3 aromatic rings. The van der Waals surface area contributed by atoms with Gasteiger partial charge in [-0.25, -0.2) is 4.79 Å². The second-order valence-corrected chi connectivity index (χ2v) is 5.61. The van der Waals surface area contributed by atoms with Gasteiger partial charge in [0.2, 0.25) is 5.82 Å². The molecule has 0 aliphatic rings. The molecule has 0 spiro atoms. The largest absolute Gasteiger partial charge is 0.452 e. The van der Waals surface area contributed by atoms with Crippen LogP contribution in [0.1, 0.15) is 21.8 Å². The Morgan fingerprint density at radius 1 is 1.42 bits per heavy atom. The first-order chi connectivity index (χ1) is 11.6. The van der Waals surface area contributed by atoms with E-state index in [1.54, 1.807) is 19.1 Å². The Kier molecular flexibility index (Phi) is 4.34. The molecule has 3 rings (SSSR count). The lowest BCUT2D eigenvalue weighted by molar-refractivity contribution is -0.385. The molecule has 24 heavy (non-hydrogen) atoms. The van der Waals surface area contributed by atoms with Gasteiger partial charge in [0.25, 0.3) is 11.6 Å². The summed E-state index contributed by atoms with van der Waals surface area (Å²) < 4.78 is 10.1. The molecule has 8 nitrogen and oxygen atoms in total. The molecular formula is C15H11N3O5S. The van der Waals surface area contributed by atoms with Crippen molar-refractivity contribution in [3.63, 3.8) is 0 Å². The number of aryl methyl sites for hydroxylation is 1. The summed E-state index contributed by atoms with van der Waals surface area (Å²) in [5.74, 6) is -0.315. The smallest absolute Gasteiger partial charge is 0.345 e. The fourth-order valence-electron chi connectivity index (χ4n) is 2.09. The summed E-state index contributed by atoms with van der Waals surface area (Å²) in [5, 5.41) is 18.6. The lowest BCUT2D eigenvalue weighted by atomic mass is 10.1. The van der Waals surface area contributed by atoms with Crippen molar-refractivity contribution in [2.24, 2.45) is 0 Å². The molecule has 9 heteroatoms. The molecule has 0 fully saturated rings. The minimum Gasteiger partial charge on any atom is -0.452 e. The molecular weight excluding hydrogens is 334 g/mol. The molecule has 0 atom stereocenters. The van der Waals surface area contributed by atoms with Gasteiger partial charge >= 0.3 is 5.97 Å². The van der Waals surface area contributed by atoms with E-state index in [1.807, 2.05) is 16.8 Å². The number of nitro groups is 1. The zero-order chi connectivity index (χ0) is 17.1. The summed E-state index contributed by atoms with van der Waals surface area (Å²) in [6.45, 7) is 1.29. The highest BCUT2D eigenvalue weighted by Crippen LogP contribution is 2.24. The Bertz CT molecular complexity index is 888. The lowest BCUT2D eigenvalue weighted by Gasteiger charge is -2.04. The number of esters is 1. The average molecular weight is 345 g/mol. The maximum atomic E-state index is 12.1. The van der Waals surface area contributed by atoms with Gasteiger partial charge in [-0.05, 0) is 24.4 Å². The highest BCUT2D eigenvalue weighted by atomic mass is 32.1. The third-order valence-electron chi connectivity index (χ3n) is 3.21. The van der Waals surface area contributed by atoms with Crippen molar-refractivity contribution in [1.82, 2.24) is 10.1 Å². The number of para-hydroxylation sites is 1. The topological polar surface area (TPSA) is 108 Å². The van der Waals surface area contributed by atoms with E-state index < -0.39 is 10.9 Å². The van der Waals surface area contributed by atoms with Gasteiger partial charge in [-0.2, -0.15) is 16.3 Å². The second kappa shape index (κ2) is 6.59. The van der Waals surface area contributed by atoms with Crippen LogP contribution >= 0.6 is 11.3 Å². The molecule has 1 aromatic carbocycles. The predicted octanol–water partition coefficient (Wildman–Crippen LogP) is 3.37. The first-order valence-corrected chi connectivity index (χ1v) is 7.77. The predicted molar refractivity (Wildman–Crippen MR) is 84.6 cm³/mol. The SMILES string of the molecule is Cc1cccc(C(=O)OCc2nc(-c3ccsc3)no2)c1[N+](=O)[O-]. The molecule has 0 aliphatic heterocycles. The van der Waals surface area contributed by atoms with E-state index in [0.29, 0.717) is 11.4 Å². The summed E-state index contributed by atoms with van der Waals surface area (Å²) in [7, 11) is 0. The Morgan fingerprint density at radius 2 is 2.25 bits per heavy atom. The standard InChI is InChI=1S/C15H11N3O5S/c1-9-3-2-4-11(13(9)18(20)21)15(19)22-7-12-16-14(17-23-12)10-5-6-24-8-10/h2-6,8H,7H2,1H3. The number of aromatic nitrogens is 2. The summed E-state index contributed by atoms with van der Waals surface area (Å²) in [6, 6.07) is 6.29. The normalized spacial score (nSPS) is 10.5. The first-order valence-electron chi connectivity index (χ1n) is 6.82. The van der Waals surface area contributed by atoms with Crippen LogP contribution in [0.5, 0.6) is 0 Å². The van der Waals surface area contributed by atoms with Crippen LogP contribution in [0.4, 0.5) is 5.69 Å². The summed E-state index contributed by atoms with van der Waals surface area (Å²) in [6.07, 6.45) is 0. The van der Waals surface area contributed by atoms with Crippen molar-refractivity contribution in [2.75, 3.05) is 0 Å². The number of nitro benzene ring substituents is 1. The lowest BCUT2D eigenvalue weighted by Crippen LogP contribution is -2.09. The maximum absolute atomic E-state index is 12.1. The van der Waals surface area contributed by atoms with Gasteiger partial charge in [0, 0.05) is 16.5 Å². The zero-order valence-corrected chi connectivity index (χ0v) is 13.3.